The first-order valence-corrected chi connectivity index (χ1v) is 7.86. The second-order valence-electron chi connectivity index (χ2n) is 5.30. The number of hydrogen-bond acceptors (Lipinski definition) is 2. The third kappa shape index (κ3) is 7.83. The van der Waals surface area contributed by atoms with Gasteiger partial charge in [-0.3, -0.25) is 4.79 Å². The van der Waals surface area contributed by atoms with Crippen LogP contribution in [0, 0.1) is 0 Å². The minimum atomic E-state index is -0.135. The summed E-state index contributed by atoms with van der Waals surface area (Å²) in [5.41, 5.74) is 1.23. The highest BCUT2D eigenvalue weighted by atomic mass is 127. The molecule has 1 aromatic rings. The van der Waals surface area contributed by atoms with Crippen molar-refractivity contribution in [3.8, 4) is 0 Å². The zero-order valence-electron chi connectivity index (χ0n) is 13.6. The number of aromatic nitrogens is 2. The Kier molecular flexibility index (Phi) is 11.7. The Morgan fingerprint density at radius 1 is 1.24 bits per heavy atom. The van der Waals surface area contributed by atoms with Gasteiger partial charge in [-0.25, -0.2) is 9.13 Å². The molecular weight excluding hydrogens is 379 g/mol. The summed E-state index contributed by atoms with van der Waals surface area (Å²) in [4.78, 5) is 11.3. The molecule has 0 aliphatic carbocycles. The topological polar surface area (TPSA) is 35.1 Å². The summed E-state index contributed by atoms with van der Waals surface area (Å²) in [5.74, 6) is -0.135. The van der Waals surface area contributed by atoms with Gasteiger partial charge in [0.2, 0.25) is 6.33 Å². The number of carbonyl (C=O) groups is 1. The van der Waals surface area contributed by atoms with Crippen LogP contribution >= 0.6 is 0 Å². The highest BCUT2D eigenvalue weighted by Gasteiger charge is 2.14. The van der Waals surface area contributed by atoms with E-state index in [2.05, 4.69) is 35.5 Å². The lowest BCUT2D eigenvalue weighted by molar-refractivity contribution is -0.697. The van der Waals surface area contributed by atoms with Crippen molar-refractivity contribution < 1.29 is 38.1 Å². The molecule has 0 amide bonds. The molecule has 0 aromatic carbocycles. The summed E-state index contributed by atoms with van der Waals surface area (Å²) in [5, 5.41) is 0. The highest BCUT2D eigenvalue weighted by Crippen LogP contribution is 2.05. The Bertz CT molecular complexity index is 405. The number of rotatable bonds is 10. The van der Waals surface area contributed by atoms with Crippen LogP contribution in [0.3, 0.4) is 0 Å². The smallest absolute Gasteiger partial charge is 0.305 e. The number of carbonyl (C=O) groups excluding carboxylic acids is 1. The van der Waals surface area contributed by atoms with Crippen molar-refractivity contribution in [2.75, 3.05) is 7.11 Å². The zero-order valence-corrected chi connectivity index (χ0v) is 15.8. The minimum Gasteiger partial charge on any atom is -1.00 e. The number of ether oxygens (including phenoxy) is 1. The normalized spacial score (nSPS) is 10.2. The lowest BCUT2D eigenvalue weighted by atomic mass is 10.2. The molecule has 0 aliphatic rings. The number of aryl methyl sites for hydroxylation is 3. The number of nitrogens with zero attached hydrogens (tertiary/aromatic N) is 2. The van der Waals surface area contributed by atoms with E-state index in [1.165, 1.54) is 38.5 Å². The van der Waals surface area contributed by atoms with Crippen molar-refractivity contribution >= 4 is 5.97 Å². The summed E-state index contributed by atoms with van der Waals surface area (Å²) in [6, 6.07) is 0. The van der Waals surface area contributed by atoms with E-state index < -0.39 is 0 Å². The van der Waals surface area contributed by atoms with E-state index in [4.69, 9.17) is 4.74 Å². The van der Waals surface area contributed by atoms with Crippen molar-refractivity contribution in [1.82, 2.24) is 4.57 Å². The van der Waals surface area contributed by atoms with Crippen molar-refractivity contribution in [3.63, 3.8) is 0 Å². The molecular formula is C16H29IN2O2. The van der Waals surface area contributed by atoms with Gasteiger partial charge in [0.1, 0.15) is 11.9 Å². The van der Waals surface area contributed by atoms with Gasteiger partial charge in [-0.05, 0) is 19.3 Å². The Morgan fingerprint density at radius 3 is 2.62 bits per heavy atom. The van der Waals surface area contributed by atoms with Crippen LogP contribution in [-0.2, 0) is 29.0 Å². The second-order valence-corrected chi connectivity index (χ2v) is 5.30. The lowest BCUT2D eigenvalue weighted by Crippen LogP contribution is -3.00. The van der Waals surface area contributed by atoms with Crippen molar-refractivity contribution in [2.24, 2.45) is 0 Å². The standard InChI is InChI=1S/C16H29N2O2.HI/c1-4-6-7-8-12-17-13-15(9-10-16(19)20-3)18(14-17)11-5-2;/h13-14H,4-12H2,1-3H3;1H/q+1;/p-1. The van der Waals surface area contributed by atoms with E-state index in [9.17, 15) is 4.79 Å². The van der Waals surface area contributed by atoms with Gasteiger partial charge < -0.3 is 28.7 Å². The third-order valence-electron chi connectivity index (χ3n) is 3.52. The Labute approximate surface area is 145 Å². The van der Waals surface area contributed by atoms with E-state index in [0.29, 0.717) is 6.42 Å². The average molecular weight is 408 g/mol. The molecule has 1 heterocycles. The minimum absolute atomic E-state index is 0. The van der Waals surface area contributed by atoms with Crippen LogP contribution in [0.4, 0.5) is 0 Å². The van der Waals surface area contributed by atoms with Gasteiger partial charge in [0, 0.05) is 6.42 Å². The maximum Gasteiger partial charge on any atom is 0.305 e. The Balaban J connectivity index is 0.00000400. The molecule has 0 atom stereocenters. The van der Waals surface area contributed by atoms with E-state index in [1.807, 2.05) is 0 Å². The summed E-state index contributed by atoms with van der Waals surface area (Å²) in [6.45, 7) is 6.49. The number of methoxy groups -OCH3 is 1. The molecule has 21 heavy (non-hydrogen) atoms. The molecule has 0 N–H and O–H groups in total. The molecule has 1 rings (SSSR count). The molecule has 0 radical (unpaired) electrons. The molecule has 5 heteroatoms. The van der Waals surface area contributed by atoms with Crippen molar-refractivity contribution in [1.29, 1.82) is 0 Å². The SMILES string of the molecule is CCCCCC[n+]1cc(CCC(=O)OC)n(CCC)c1.[I-]. The van der Waals surface area contributed by atoms with E-state index >= 15 is 0 Å². The number of unbranched alkanes of at least 4 members (excludes halogenated alkanes) is 3. The van der Waals surface area contributed by atoms with Gasteiger partial charge in [-0.2, -0.15) is 0 Å². The predicted octanol–water partition coefficient (Wildman–Crippen LogP) is -0.124. The fourth-order valence-corrected chi connectivity index (χ4v) is 2.38. The highest BCUT2D eigenvalue weighted by molar-refractivity contribution is 5.69. The fraction of sp³-hybridized carbons (Fsp3) is 0.750. The first-order valence-electron chi connectivity index (χ1n) is 7.86. The van der Waals surface area contributed by atoms with Crippen LogP contribution in [0.1, 0.15) is 58.1 Å². The number of hydrogen-bond donors (Lipinski definition) is 0. The maximum absolute atomic E-state index is 11.3. The van der Waals surface area contributed by atoms with Crippen LogP contribution < -0.4 is 28.5 Å². The number of esters is 1. The van der Waals surface area contributed by atoms with Crippen LogP contribution in [-0.4, -0.2) is 17.6 Å². The van der Waals surface area contributed by atoms with Crippen LogP contribution in [0.15, 0.2) is 12.5 Å². The van der Waals surface area contributed by atoms with E-state index in [0.717, 1.165) is 25.9 Å². The first-order chi connectivity index (χ1) is 9.71. The third-order valence-corrected chi connectivity index (χ3v) is 3.52. The van der Waals surface area contributed by atoms with Crippen LogP contribution in [0.5, 0.6) is 0 Å². The summed E-state index contributed by atoms with van der Waals surface area (Å²) < 4.78 is 9.24. The fourth-order valence-electron chi connectivity index (χ4n) is 2.38. The molecule has 0 aliphatic heterocycles. The summed E-state index contributed by atoms with van der Waals surface area (Å²) in [6.07, 6.45) is 11.8. The van der Waals surface area contributed by atoms with E-state index in [1.54, 1.807) is 0 Å². The molecule has 1 aromatic heterocycles. The molecule has 0 spiro atoms. The van der Waals surface area contributed by atoms with Gasteiger partial charge in [0.25, 0.3) is 0 Å². The maximum atomic E-state index is 11.3. The van der Waals surface area contributed by atoms with Gasteiger partial charge in [0.15, 0.2) is 0 Å². The van der Waals surface area contributed by atoms with Gasteiger partial charge in [0.05, 0.1) is 26.6 Å². The predicted molar refractivity (Wildman–Crippen MR) is 79.4 cm³/mol. The van der Waals surface area contributed by atoms with E-state index in [-0.39, 0.29) is 29.9 Å². The molecule has 122 valence electrons. The molecule has 0 fully saturated rings. The van der Waals surface area contributed by atoms with Crippen LogP contribution in [0.2, 0.25) is 0 Å². The summed E-state index contributed by atoms with van der Waals surface area (Å²) in [7, 11) is 1.45. The monoisotopic (exact) mass is 408 g/mol. The van der Waals surface area contributed by atoms with Crippen LogP contribution in [0.25, 0.3) is 0 Å². The Morgan fingerprint density at radius 2 is 2.00 bits per heavy atom. The first kappa shape index (κ1) is 20.4. The zero-order chi connectivity index (χ0) is 14.8. The second kappa shape index (κ2) is 12.0. The molecule has 0 saturated carbocycles. The lowest BCUT2D eigenvalue weighted by Gasteiger charge is -1.99. The van der Waals surface area contributed by atoms with Crippen molar-refractivity contribution in [2.45, 2.75) is 71.9 Å². The average Bonchev–Trinajstić information content (AvgIpc) is 2.83. The van der Waals surface area contributed by atoms with Crippen molar-refractivity contribution in [3.05, 3.63) is 18.2 Å². The molecule has 0 unspecified atom stereocenters. The van der Waals surface area contributed by atoms with Gasteiger partial charge >= 0.3 is 5.97 Å². The summed E-state index contributed by atoms with van der Waals surface area (Å²) >= 11 is 0. The van der Waals surface area contributed by atoms with Gasteiger partial charge in [-0.15, -0.1) is 0 Å². The number of halogens is 1. The number of imidazole rings is 1. The Hall–Kier alpha value is -0.590. The molecule has 4 nitrogen and oxygen atoms in total. The molecule has 0 bridgehead atoms. The van der Waals surface area contributed by atoms with Gasteiger partial charge in [-0.1, -0.05) is 26.7 Å². The molecule has 0 saturated heterocycles. The quantitative estimate of drug-likeness (QED) is 0.234. The largest absolute Gasteiger partial charge is 1.00 e.